The van der Waals surface area contributed by atoms with Gasteiger partial charge in [0.15, 0.2) is 6.61 Å². The summed E-state index contributed by atoms with van der Waals surface area (Å²) in [6.07, 6.45) is 3.83. The number of ether oxygens (including phenoxy) is 1. The van der Waals surface area contributed by atoms with Crippen molar-refractivity contribution in [2.45, 2.75) is 13.3 Å². The average Bonchev–Trinajstić information content (AvgIpc) is 3.21. The maximum absolute atomic E-state index is 12.1. The number of hydrogen-bond acceptors (Lipinski definition) is 4. The van der Waals surface area contributed by atoms with Crippen LogP contribution in [0, 0.1) is 0 Å². The number of carbonyl (C=O) groups is 2. The topological polar surface area (TPSA) is 85.2 Å². The van der Waals surface area contributed by atoms with Gasteiger partial charge in [-0.15, -0.1) is 0 Å². The Bertz CT molecular complexity index is 922. The number of carbonyl (C=O) groups excluding carboxylic acids is 2. The number of hydrazine groups is 1. The summed E-state index contributed by atoms with van der Waals surface area (Å²) < 4.78 is 7.09. The van der Waals surface area contributed by atoms with Crippen molar-refractivity contribution < 1.29 is 14.3 Å². The van der Waals surface area contributed by atoms with E-state index in [9.17, 15) is 9.59 Å². The van der Waals surface area contributed by atoms with Gasteiger partial charge in [-0.2, -0.15) is 5.10 Å². The number of rotatable bonds is 6. The Morgan fingerprint density at radius 1 is 1.04 bits per heavy atom. The second kappa shape index (κ2) is 8.66. The second-order valence-electron chi connectivity index (χ2n) is 5.76. The lowest BCUT2D eigenvalue weighted by Gasteiger charge is -2.10. The number of benzene rings is 2. The molecule has 2 aromatic carbocycles. The fourth-order valence-corrected chi connectivity index (χ4v) is 2.48. The summed E-state index contributed by atoms with van der Waals surface area (Å²) in [5.41, 5.74) is 6.88. The van der Waals surface area contributed by atoms with Gasteiger partial charge in [-0.3, -0.25) is 20.4 Å². The highest BCUT2D eigenvalue weighted by atomic mass is 16.5. The zero-order valence-corrected chi connectivity index (χ0v) is 14.9. The molecular weight excluding hydrogens is 344 g/mol. The summed E-state index contributed by atoms with van der Waals surface area (Å²) in [5.74, 6) is -0.255. The Kier molecular flexibility index (Phi) is 5.84. The van der Waals surface area contributed by atoms with Gasteiger partial charge in [0.1, 0.15) is 5.75 Å². The number of aryl methyl sites for hydroxylation is 1. The first kappa shape index (κ1) is 18.2. The first-order chi connectivity index (χ1) is 13.2. The number of nitrogens with zero attached hydrogens (tertiary/aromatic N) is 2. The van der Waals surface area contributed by atoms with Crippen LogP contribution in [-0.4, -0.2) is 28.2 Å². The molecule has 0 fully saturated rings. The minimum absolute atomic E-state index is 0.194. The fourth-order valence-electron chi connectivity index (χ4n) is 2.48. The summed E-state index contributed by atoms with van der Waals surface area (Å²) in [4.78, 5) is 24.1. The molecule has 0 aliphatic rings. The number of aromatic nitrogens is 2. The van der Waals surface area contributed by atoms with Crippen molar-refractivity contribution in [2.24, 2.45) is 0 Å². The maximum Gasteiger partial charge on any atom is 0.276 e. The molecule has 3 rings (SSSR count). The minimum Gasteiger partial charge on any atom is -0.483 e. The van der Waals surface area contributed by atoms with Crippen LogP contribution in [0.25, 0.3) is 5.69 Å². The highest BCUT2D eigenvalue weighted by molar-refractivity contribution is 5.95. The van der Waals surface area contributed by atoms with Crippen LogP contribution >= 0.6 is 0 Å². The van der Waals surface area contributed by atoms with Gasteiger partial charge in [0, 0.05) is 6.20 Å². The summed E-state index contributed by atoms with van der Waals surface area (Å²) in [6.45, 7) is 1.82. The quantitative estimate of drug-likeness (QED) is 0.657. The summed E-state index contributed by atoms with van der Waals surface area (Å²) in [7, 11) is 0. The van der Waals surface area contributed by atoms with E-state index in [1.807, 2.05) is 61.5 Å². The molecule has 0 saturated carbocycles. The Hall–Kier alpha value is -3.61. The molecule has 0 atom stereocenters. The minimum atomic E-state index is -0.459. The van der Waals surface area contributed by atoms with Crippen LogP contribution < -0.4 is 15.6 Å². The molecule has 0 saturated heterocycles. The van der Waals surface area contributed by atoms with Gasteiger partial charge in [0.05, 0.1) is 17.4 Å². The average molecular weight is 364 g/mol. The van der Waals surface area contributed by atoms with Gasteiger partial charge in [0.2, 0.25) is 0 Å². The molecule has 0 unspecified atom stereocenters. The number of para-hydroxylation sites is 2. The summed E-state index contributed by atoms with van der Waals surface area (Å²) in [6, 6.07) is 16.9. The van der Waals surface area contributed by atoms with Gasteiger partial charge >= 0.3 is 0 Å². The zero-order chi connectivity index (χ0) is 19.1. The Morgan fingerprint density at radius 2 is 1.78 bits per heavy atom. The fraction of sp³-hybridized carbons (Fsp3) is 0.150. The number of hydrogen-bond donors (Lipinski definition) is 2. The van der Waals surface area contributed by atoms with Crippen LogP contribution in [0.4, 0.5) is 0 Å². The molecule has 0 spiro atoms. The highest BCUT2D eigenvalue weighted by Gasteiger charge is 2.11. The molecule has 0 bridgehead atoms. The largest absolute Gasteiger partial charge is 0.483 e. The predicted octanol–water partition coefficient (Wildman–Crippen LogP) is 2.27. The second-order valence-corrected chi connectivity index (χ2v) is 5.76. The summed E-state index contributed by atoms with van der Waals surface area (Å²) >= 11 is 0. The predicted molar refractivity (Wildman–Crippen MR) is 100 cm³/mol. The van der Waals surface area contributed by atoms with Crippen molar-refractivity contribution in [3.63, 3.8) is 0 Å². The smallest absolute Gasteiger partial charge is 0.276 e. The van der Waals surface area contributed by atoms with E-state index >= 15 is 0 Å². The van der Waals surface area contributed by atoms with Crippen molar-refractivity contribution in [1.29, 1.82) is 0 Å². The Balaban J connectivity index is 1.50. The molecule has 2 N–H and O–H groups in total. The molecule has 7 heteroatoms. The Labute approximate surface area is 156 Å². The van der Waals surface area contributed by atoms with Gasteiger partial charge < -0.3 is 4.74 Å². The van der Waals surface area contributed by atoms with Crippen LogP contribution in [0.1, 0.15) is 22.8 Å². The third-order valence-corrected chi connectivity index (χ3v) is 3.89. The lowest BCUT2D eigenvalue weighted by atomic mass is 10.1. The molecular formula is C20H20N4O3. The van der Waals surface area contributed by atoms with Crippen molar-refractivity contribution in [3.8, 4) is 11.4 Å². The number of amides is 2. The van der Waals surface area contributed by atoms with E-state index in [0.29, 0.717) is 11.3 Å². The van der Waals surface area contributed by atoms with Crippen molar-refractivity contribution in [1.82, 2.24) is 20.6 Å². The maximum atomic E-state index is 12.1. The molecule has 2 amide bonds. The van der Waals surface area contributed by atoms with Gasteiger partial charge in [-0.05, 0) is 30.2 Å². The highest BCUT2D eigenvalue weighted by Crippen LogP contribution is 2.17. The standard InChI is InChI=1S/C20H20N4O3/c1-2-15-8-6-7-11-18(15)27-14-19(25)22-23-20(26)16-12-21-24(13-16)17-9-4-3-5-10-17/h3-13H,2,14H2,1H3,(H,22,25)(H,23,26). The molecule has 0 aliphatic heterocycles. The van der Waals surface area contributed by atoms with Crippen LogP contribution in [0.5, 0.6) is 5.75 Å². The van der Waals surface area contributed by atoms with Crippen LogP contribution in [0.3, 0.4) is 0 Å². The van der Waals surface area contributed by atoms with E-state index in [0.717, 1.165) is 17.7 Å². The van der Waals surface area contributed by atoms with Gasteiger partial charge in [-0.25, -0.2) is 4.68 Å². The molecule has 7 nitrogen and oxygen atoms in total. The SMILES string of the molecule is CCc1ccccc1OCC(=O)NNC(=O)c1cnn(-c2ccccc2)c1. The summed E-state index contributed by atoms with van der Waals surface area (Å²) in [5, 5.41) is 4.15. The van der Waals surface area contributed by atoms with Crippen molar-refractivity contribution >= 4 is 11.8 Å². The molecule has 3 aromatic rings. The molecule has 0 radical (unpaired) electrons. The van der Waals surface area contributed by atoms with E-state index in [-0.39, 0.29) is 6.61 Å². The van der Waals surface area contributed by atoms with Crippen molar-refractivity contribution in [2.75, 3.05) is 6.61 Å². The first-order valence-electron chi connectivity index (χ1n) is 8.57. The van der Waals surface area contributed by atoms with E-state index < -0.39 is 11.8 Å². The van der Waals surface area contributed by atoms with Crippen LogP contribution in [0.2, 0.25) is 0 Å². The monoisotopic (exact) mass is 364 g/mol. The normalized spacial score (nSPS) is 10.3. The zero-order valence-electron chi connectivity index (χ0n) is 14.9. The van der Waals surface area contributed by atoms with E-state index in [1.54, 1.807) is 10.9 Å². The molecule has 27 heavy (non-hydrogen) atoms. The van der Waals surface area contributed by atoms with Gasteiger partial charge in [0.25, 0.3) is 11.8 Å². The molecule has 1 aromatic heterocycles. The Morgan fingerprint density at radius 3 is 2.56 bits per heavy atom. The van der Waals surface area contributed by atoms with E-state index in [1.165, 1.54) is 6.20 Å². The molecule has 0 aliphatic carbocycles. The third kappa shape index (κ3) is 4.72. The van der Waals surface area contributed by atoms with E-state index in [4.69, 9.17) is 4.74 Å². The van der Waals surface area contributed by atoms with E-state index in [2.05, 4.69) is 16.0 Å². The van der Waals surface area contributed by atoms with Crippen molar-refractivity contribution in [3.05, 3.63) is 78.1 Å². The lowest BCUT2D eigenvalue weighted by molar-refractivity contribution is -0.123. The molecule has 1 heterocycles. The van der Waals surface area contributed by atoms with Crippen LogP contribution in [-0.2, 0) is 11.2 Å². The van der Waals surface area contributed by atoms with Gasteiger partial charge in [-0.1, -0.05) is 43.3 Å². The first-order valence-corrected chi connectivity index (χ1v) is 8.57. The lowest BCUT2D eigenvalue weighted by Crippen LogP contribution is -2.43. The third-order valence-electron chi connectivity index (χ3n) is 3.89. The van der Waals surface area contributed by atoms with Crippen LogP contribution in [0.15, 0.2) is 67.0 Å². The number of nitrogens with one attached hydrogen (secondary N) is 2. The molecule has 138 valence electrons.